The predicted octanol–water partition coefficient (Wildman–Crippen LogP) is -1.38. The molecule has 0 aliphatic carbocycles. The van der Waals surface area contributed by atoms with Crippen molar-refractivity contribution in [3.8, 4) is 0 Å². The van der Waals surface area contributed by atoms with E-state index in [1.54, 1.807) is 22.7 Å². The van der Waals surface area contributed by atoms with Gasteiger partial charge in [0.1, 0.15) is 25.6 Å². The predicted molar refractivity (Wildman–Crippen MR) is 114 cm³/mol. The van der Waals surface area contributed by atoms with E-state index in [0.717, 1.165) is 21.3 Å². The molecule has 32 heavy (non-hydrogen) atoms. The second-order valence-corrected chi connectivity index (χ2v) is 8.73. The van der Waals surface area contributed by atoms with Crippen LogP contribution in [0.2, 0.25) is 0 Å². The standard InChI is InChI=1S/C20H24N4O5S2.HI/c1-13-15(23-5-11-30-19(23)21(13)3)17(25)28-9-7-27-8-10-29-18(26)16-14(2)22(4)20-24(16)6-12-31-20;/h5-6,11-12H,7-10H2,1-4H3;1H/q+2;/p-1. The molecule has 0 atom stereocenters. The summed E-state index contributed by atoms with van der Waals surface area (Å²) in [4.78, 5) is 26.9. The molecule has 172 valence electrons. The molecule has 12 heteroatoms. The van der Waals surface area contributed by atoms with E-state index in [1.807, 2.05) is 69.0 Å². The summed E-state index contributed by atoms with van der Waals surface area (Å²) in [6, 6.07) is 0. The first kappa shape index (κ1) is 24.6. The topological polar surface area (TPSA) is 79.9 Å². The third-order valence-corrected chi connectivity index (χ3v) is 7.11. The summed E-state index contributed by atoms with van der Waals surface area (Å²) < 4.78 is 23.7. The van der Waals surface area contributed by atoms with Gasteiger partial charge in [-0.2, -0.15) is 8.80 Å². The zero-order valence-corrected chi connectivity index (χ0v) is 22.0. The van der Waals surface area contributed by atoms with Crippen LogP contribution in [0.15, 0.2) is 23.2 Å². The van der Waals surface area contributed by atoms with Crippen LogP contribution in [-0.4, -0.2) is 47.5 Å². The zero-order valence-electron chi connectivity index (χ0n) is 18.2. The molecule has 0 unspecified atom stereocenters. The van der Waals surface area contributed by atoms with E-state index >= 15 is 0 Å². The molecule has 0 N–H and O–H groups in total. The number of halogens is 1. The van der Waals surface area contributed by atoms with Crippen molar-refractivity contribution in [3.63, 3.8) is 0 Å². The van der Waals surface area contributed by atoms with Crippen LogP contribution in [0.3, 0.4) is 0 Å². The van der Waals surface area contributed by atoms with Gasteiger partial charge >= 0.3 is 21.9 Å². The minimum absolute atomic E-state index is 0. The van der Waals surface area contributed by atoms with Crippen molar-refractivity contribution in [3.05, 3.63) is 45.9 Å². The molecular formula is C20H24IN4O5S2+. The molecule has 4 rings (SSSR count). The quantitative estimate of drug-likeness (QED) is 0.109. The summed E-state index contributed by atoms with van der Waals surface area (Å²) in [7, 11) is 3.84. The fourth-order valence-electron chi connectivity index (χ4n) is 3.44. The Morgan fingerprint density at radius 1 is 0.812 bits per heavy atom. The Morgan fingerprint density at radius 2 is 1.22 bits per heavy atom. The lowest BCUT2D eigenvalue weighted by molar-refractivity contribution is -0.510. The van der Waals surface area contributed by atoms with E-state index in [9.17, 15) is 9.59 Å². The Bertz CT molecular complexity index is 1180. The number of aromatic nitrogens is 4. The molecule has 0 aliphatic heterocycles. The summed E-state index contributed by atoms with van der Waals surface area (Å²) in [5, 5.41) is 3.85. The molecule has 0 aliphatic rings. The van der Waals surface area contributed by atoms with Crippen LogP contribution in [0.25, 0.3) is 9.92 Å². The lowest BCUT2D eigenvalue weighted by Crippen LogP contribution is -3.00. The molecule has 4 aromatic rings. The van der Waals surface area contributed by atoms with Gasteiger partial charge in [-0.15, -0.1) is 0 Å². The summed E-state index contributed by atoms with van der Waals surface area (Å²) in [6.45, 7) is 4.46. The zero-order chi connectivity index (χ0) is 22.1. The highest BCUT2D eigenvalue weighted by molar-refractivity contribution is 7.14. The highest BCUT2D eigenvalue weighted by atomic mass is 127. The fourth-order valence-corrected chi connectivity index (χ4v) is 5.17. The van der Waals surface area contributed by atoms with E-state index in [1.165, 1.54) is 0 Å². The molecule has 0 radical (unpaired) electrons. The highest BCUT2D eigenvalue weighted by Crippen LogP contribution is 2.15. The van der Waals surface area contributed by atoms with Crippen molar-refractivity contribution in [2.24, 2.45) is 14.1 Å². The van der Waals surface area contributed by atoms with E-state index in [2.05, 4.69) is 0 Å². The van der Waals surface area contributed by atoms with E-state index < -0.39 is 11.9 Å². The number of ether oxygens (including phenoxy) is 3. The van der Waals surface area contributed by atoms with Gasteiger partial charge in [0, 0.05) is 24.6 Å². The Labute approximate surface area is 209 Å². The number of hydrogen-bond donors (Lipinski definition) is 0. The van der Waals surface area contributed by atoms with Gasteiger partial charge in [0.05, 0.1) is 27.3 Å². The first-order chi connectivity index (χ1) is 14.9. The lowest BCUT2D eigenvalue weighted by Gasteiger charge is -2.06. The van der Waals surface area contributed by atoms with Crippen molar-refractivity contribution in [1.29, 1.82) is 0 Å². The second kappa shape index (κ2) is 10.3. The second-order valence-electron chi connectivity index (χ2n) is 6.98. The van der Waals surface area contributed by atoms with Crippen LogP contribution in [-0.2, 0) is 28.3 Å². The van der Waals surface area contributed by atoms with Crippen molar-refractivity contribution in [1.82, 2.24) is 9.13 Å². The van der Waals surface area contributed by atoms with Crippen LogP contribution in [0.4, 0.5) is 0 Å². The largest absolute Gasteiger partial charge is 1.00 e. The summed E-state index contributed by atoms with van der Waals surface area (Å²) in [6.07, 6.45) is 3.70. The van der Waals surface area contributed by atoms with Crippen LogP contribution in [0.1, 0.15) is 32.4 Å². The molecule has 4 aromatic heterocycles. The first-order valence-corrected chi connectivity index (χ1v) is 11.5. The van der Waals surface area contributed by atoms with Crippen molar-refractivity contribution >= 4 is 44.5 Å². The maximum Gasteiger partial charge on any atom is 0.383 e. The van der Waals surface area contributed by atoms with Crippen LogP contribution >= 0.6 is 22.7 Å². The maximum atomic E-state index is 12.5. The Hall–Kier alpha value is -2.03. The normalized spacial score (nSPS) is 11.1. The smallest absolute Gasteiger partial charge is 0.383 e. The van der Waals surface area contributed by atoms with E-state index in [4.69, 9.17) is 14.2 Å². The van der Waals surface area contributed by atoms with Gasteiger partial charge in [-0.1, -0.05) is 22.7 Å². The molecule has 0 amide bonds. The molecule has 0 saturated heterocycles. The minimum atomic E-state index is -0.391. The van der Waals surface area contributed by atoms with Gasteiger partial charge in [-0.05, 0) is 0 Å². The number of esters is 2. The van der Waals surface area contributed by atoms with Gasteiger partial charge in [0.25, 0.3) is 11.4 Å². The third kappa shape index (κ3) is 4.40. The summed E-state index contributed by atoms with van der Waals surface area (Å²) in [5.41, 5.74) is 2.73. The number of thiazole rings is 2. The van der Waals surface area contributed by atoms with Crippen LogP contribution in [0, 0.1) is 13.8 Å². The summed E-state index contributed by atoms with van der Waals surface area (Å²) >= 11 is 3.11. The van der Waals surface area contributed by atoms with E-state index in [-0.39, 0.29) is 50.4 Å². The molecule has 0 spiro atoms. The van der Waals surface area contributed by atoms with Crippen molar-refractivity contribution < 1.29 is 56.6 Å². The number of carbonyl (C=O) groups is 2. The molecule has 0 bridgehead atoms. The third-order valence-electron chi connectivity index (χ3n) is 5.23. The lowest BCUT2D eigenvalue weighted by atomic mass is 10.3. The average Bonchev–Trinajstić information content (AvgIpc) is 3.49. The van der Waals surface area contributed by atoms with Crippen LogP contribution in [0.5, 0.6) is 0 Å². The number of nitrogens with zero attached hydrogens (tertiary/aromatic N) is 4. The fraction of sp³-hybridized carbons (Fsp3) is 0.400. The molecule has 0 fully saturated rings. The molecule has 9 nitrogen and oxygen atoms in total. The average molecular weight is 591 g/mol. The molecule has 4 heterocycles. The molecular weight excluding hydrogens is 567 g/mol. The van der Waals surface area contributed by atoms with Gasteiger partial charge in [-0.3, -0.25) is 0 Å². The van der Waals surface area contributed by atoms with Gasteiger partial charge in [0.15, 0.2) is 11.4 Å². The molecule has 0 aromatic carbocycles. The number of hydrogen-bond acceptors (Lipinski definition) is 7. The van der Waals surface area contributed by atoms with Crippen molar-refractivity contribution in [2.45, 2.75) is 13.8 Å². The number of fused-ring (bicyclic) bond motifs is 2. The number of rotatable bonds is 8. The Balaban J connectivity index is 0.00000289. The van der Waals surface area contributed by atoms with Gasteiger partial charge in [0.2, 0.25) is 0 Å². The van der Waals surface area contributed by atoms with Crippen molar-refractivity contribution in [2.75, 3.05) is 26.4 Å². The van der Waals surface area contributed by atoms with Gasteiger partial charge < -0.3 is 38.2 Å². The van der Waals surface area contributed by atoms with Gasteiger partial charge in [-0.25, -0.2) is 18.7 Å². The number of carbonyl (C=O) groups excluding carboxylic acids is 2. The highest BCUT2D eigenvalue weighted by Gasteiger charge is 2.29. The van der Waals surface area contributed by atoms with Crippen LogP contribution < -0.4 is 32.8 Å². The summed E-state index contributed by atoms with van der Waals surface area (Å²) in [5.74, 6) is -0.782. The number of aryl methyl sites for hydroxylation is 2. The Kier molecular flexibility index (Phi) is 7.90. The number of imidazole rings is 2. The molecule has 0 saturated carbocycles. The maximum absolute atomic E-state index is 12.5. The minimum Gasteiger partial charge on any atom is -1.00 e. The monoisotopic (exact) mass is 591 g/mol. The first-order valence-electron chi connectivity index (χ1n) is 9.72. The van der Waals surface area contributed by atoms with E-state index in [0.29, 0.717) is 11.4 Å². The SMILES string of the molecule is Cc1c(C(=O)OCCOCCOC(=O)c2c(C)n(C)c3scc[n+]23)[n+]2ccsc2n1C.[I-]. The Morgan fingerprint density at radius 3 is 1.62 bits per heavy atom.